The summed E-state index contributed by atoms with van der Waals surface area (Å²) < 4.78 is 11.6. The lowest BCUT2D eigenvalue weighted by Crippen LogP contribution is -2.58. The minimum absolute atomic E-state index is 0.134. The van der Waals surface area contributed by atoms with Gasteiger partial charge >= 0.3 is 5.97 Å². The van der Waals surface area contributed by atoms with Crippen LogP contribution in [0.5, 0.6) is 0 Å². The zero-order valence-corrected chi connectivity index (χ0v) is 16.0. The van der Waals surface area contributed by atoms with Gasteiger partial charge in [-0.1, -0.05) is 36.0 Å². The minimum Gasteiger partial charge on any atom is -0.458 e. The van der Waals surface area contributed by atoms with E-state index < -0.39 is 23.9 Å². The van der Waals surface area contributed by atoms with Crippen LogP contribution < -0.4 is 5.32 Å². The van der Waals surface area contributed by atoms with E-state index in [0.717, 1.165) is 31.0 Å². The highest BCUT2D eigenvalue weighted by atomic mass is 32.2. The van der Waals surface area contributed by atoms with E-state index in [1.54, 1.807) is 24.3 Å². The lowest BCUT2D eigenvalue weighted by atomic mass is 9.91. The van der Waals surface area contributed by atoms with E-state index in [4.69, 9.17) is 9.47 Å². The van der Waals surface area contributed by atoms with Crippen molar-refractivity contribution in [3.05, 3.63) is 48.6 Å². The predicted octanol–water partition coefficient (Wildman–Crippen LogP) is 3.26. The van der Waals surface area contributed by atoms with Crippen LogP contribution in [0.4, 0.5) is 4.79 Å². The number of thioether (sulfide) groups is 1. The minimum atomic E-state index is -1.54. The van der Waals surface area contributed by atoms with Gasteiger partial charge in [0.15, 0.2) is 5.79 Å². The summed E-state index contributed by atoms with van der Waals surface area (Å²) in [5.74, 6) is -1.54. The Morgan fingerprint density at radius 2 is 2.22 bits per heavy atom. The highest BCUT2D eigenvalue weighted by molar-refractivity contribution is 8.14. The zero-order valence-electron chi connectivity index (χ0n) is 15.1. The lowest BCUT2D eigenvalue weighted by molar-refractivity contribution is -0.281. The van der Waals surface area contributed by atoms with Crippen molar-refractivity contribution >= 4 is 23.0 Å². The van der Waals surface area contributed by atoms with Gasteiger partial charge in [0.1, 0.15) is 6.10 Å². The smallest absolute Gasteiger partial charge is 0.338 e. The molecule has 2 heterocycles. The van der Waals surface area contributed by atoms with Crippen molar-refractivity contribution in [2.24, 2.45) is 0 Å². The van der Waals surface area contributed by atoms with Crippen molar-refractivity contribution < 1.29 is 24.2 Å². The highest BCUT2D eigenvalue weighted by Crippen LogP contribution is 2.36. The normalized spacial score (nSPS) is 30.6. The summed E-state index contributed by atoms with van der Waals surface area (Å²) in [6.45, 7) is 3.72. The van der Waals surface area contributed by atoms with Crippen LogP contribution in [0, 0.1) is 0 Å². The number of nitrogens with one attached hydrogen (secondary N) is 1. The number of allylic oxidation sites excluding steroid dienone is 1. The number of unbranched alkanes of at least 4 members (excludes halogenated alkanes) is 1. The molecule has 27 heavy (non-hydrogen) atoms. The highest BCUT2D eigenvalue weighted by Gasteiger charge is 2.49. The predicted molar refractivity (Wildman–Crippen MR) is 104 cm³/mol. The van der Waals surface area contributed by atoms with Crippen LogP contribution in [0.2, 0.25) is 0 Å². The SMILES string of the molecule is C=CCCC[C@@H]1CC(OC(=O)c2ccccc2)C[C@](O)([C@@H]2CSC(=O)N2)O1. The molecule has 2 aliphatic heterocycles. The Balaban J connectivity index is 1.70. The van der Waals surface area contributed by atoms with Gasteiger partial charge in [-0.3, -0.25) is 4.79 Å². The van der Waals surface area contributed by atoms with E-state index in [1.807, 2.05) is 12.1 Å². The number of ether oxygens (including phenoxy) is 2. The number of hydrogen-bond donors (Lipinski definition) is 2. The van der Waals surface area contributed by atoms with Crippen LogP contribution in [0.1, 0.15) is 42.5 Å². The van der Waals surface area contributed by atoms with Crippen molar-refractivity contribution in [1.82, 2.24) is 5.32 Å². The van der Waals surface area contributed by atoms with Gasteiger partial charge in [-0.05, 0) is 31.4 Å². The summed E-state index contributed by atoms with van der Waals surface area (Å²) in [5, 5.41) is 13.7. The maximum Gasteiger partial charge on any atom is 0.338 e. The van der Waals surface area contributed by atoms with Crippen molar-refractivity contribution in [1.29, 1.82) is 0 Å². The summed E-state index contributed by atoms with van der Waals surface area (Å²) in [7, 11) is 0. The molecule has 0 radical (unpaired) electrons. The molecule has 4 atom stereocenters. The summed E-state index contributed by atoms with van der Waals surface area (Å²) in [6, 6.07) is 8.27. The van der Waals surface area contributed by atoms with E-state index in [0.29, 0.717) is 17.7 Å². The van der Waals surface area contributed by atoms with Crippen LogP contribution in [-0.2, 0) is 9.47 Å². The summed E-state index contributed by atoms with van der Waals surface area (Å²) in [5.41, 5.74) is 0.473. The number of rotatable bonds is 7. The fourth-order valence-electron chi connectivity index (χ4n) is 3.49. The fraction of sp³-hybridized carbons (Fsp3) is 0.500. The van der Waals surface area contributed by atoms with Gasteiger partial charge in [0, 0.05) is 18.6 Å². The third-order valence-electron chi connectivity index (χ3n) is 4.85. The molecule has 0 spiro atoms. The molecular weight excluding hydrogens is 366 g/mol. The summed E-state index contributed by atoms with van der Waals surface area (Å²) >= 11 is 1.12. The Morgan fingerprint density at radius 1 is 1.44 bits per heavy atom. The zero-order chi connectivity index (χ0) is 19.3. The first-order valence-electron chi connectivity index (χ1n) is 9.20. The number of hydrogen-bond acceptors (Lipinski definition) is 6. The number of aliphatic hydroxyl groups is 1. The molecule has 0 aliphatic carbocycles. The molecule has 1 unspecified atom stereocenters. The Hall–Kier alpha value is -1.83. The standard InChI is InChI=1S/C20H25NO5S/c1-2-3-5-10-15-11-16(25-18(22)14-8-6-4-7-9-14)12-20(24,26-15)17-13-27-19(23)21-17/h2,4,6-9,15-17,24H,1,3,5,10-13H2,(H,21,23)/t15-,16?,17+,20-/m1/s1. The van der Waals surface area contributed by atoms with Gasteiger partial charge in [0.2, 0.25) is 0 Å². The molecule has 0 aromatic heterocycles. The van der Waals surface area contributed by atoms with Crippen LogP contribution in [0.25, 0.3) is 0 Å². The van der Waals surface area contributed by atoms with Crippen molar-refractivity contribution in [3.63, 3.8) is 0 Å². The lowest BCUT2D eigenvalue weighted by Gasteiger charge is -2.43. The Kier molecular flexibility index (Phi) is 6.57. The van der Waals surface area contributed by atoms with E-state index in [1.165, 1.54) is 0 Å². The Bertz CT molecular complexity index is 682. The number of esters is 1. The van der Waals surface area contributed by atoms with E-state index in [-0.39, 0.29) is 17.8 Å². The van der Waals surface area contributed by atoms with Crippen LogP contribution in [-0.4, -0.2) is 46.1 Å². The number of carbonyl (C=O) groups excluding carboxylic acids is 2. The molecule has 1 amide bonds. The molecule has 0 bridgehead atoms. The van der Waals surface area contributed by atoms with Crippen LogP contribution in [0.3, 0.4) is 0 Å². The average Bonchev–Trinajstić information content (AvgIpc) is 3.10. The quantitative estimate of drug-likeness (QED) is 0.422. The largest absolute Gasteiger partial charge is 0.458 e. The van der Waals surface area contributed by atoms with Gasteiger partial charge < -0.3 is 19.9 Å². The number of benzene rings is 1. The molecule has 2 fully saturated rings. The maximum atomic E-state index is 12.4. The summed E-state index contributed by atoms with van der Waals surface area (Å²) in [6.07, 6.45) is 4.21. The number of carbonyl (C=O) groups is 2. The maximum absolute atomic E-state index is 12.4. The van der Waals surface area contributed by atoms with Gasteiger partial charge in [-0.2, -0.15) is 0 Å². The summed E-state index contributed by atoms with van der Waals surface area (Å²) in [4.78, 5) is 24.0. The van der Waals surface area contributed by atoms with E-state index in [2.05, 4.69) is 11.9 Å². The molecular formula is C20H25NO5S. The fourth-order valence-corrected chi connectivity index (χ4v) is 4.38. The third kappa shape index (κ3) is 5.12. The molecule has 2 saturated heterocycles. The molecule has 7 heteroatoms. The van der Waals surface area contributed by atoms with Crippen LogP contribution in [0.15, 0.2) is 43.0 Å². The monoisotopic (exact) mass is 391 g/mol. The first kappa shape index (κ1) is 19.9. The topological polar surface area (TPSA) is 84.9 Å². The first-order chi connectivity index (χ1) is 13.0. The van der Waals surface area contributed by atoms with Gasteiger partial charge in [-0.15, -0.1) is 6.58 Å². The molecule has 0 saturated carbocycles. The average molecular weight is 391 g/mol. The Morgan fingerprint density at radius 3 is 2.89 bits per heavy atom. The van der Waals surface area contributed by atoms with Gasteiger partial charge in [-0.25, -0.2) is 4.79 Å². The molecule has 146 valence electrons. The number of amides is 1. The molecule has 6 nitrogen and oxygen atoms in total. The van der Waals surface area contributed by atoms with Crippen molar-refractivity contribution in [3.8, 4) is 0 Å². The van der Waals surface area contributed by atoms with Crippen LogP contribution >= 0.6 is 11.8 Å². The first-order valence-corrected chi connectivity index (χ1v) is 10.2. The molecule has 1 aromatic carbocycles. The van der Waals surface area contributed by atoms with E-state index >= 15 is 0 Å². The van der Waals surface area contributed by atoms with Crippen molar-refractivity contribution in [2.45, 2.75) is 56.1 Å². The molecule has 1 aromatic rings. The Labute approximate surface area is 163 Å². The molecule has 2 N–H and O–H groups in total. The second kappa shape index (κ2) is 8.91. The second-order valence-electron chi connectivity index (χ2n) is 6.93. The molecule has 2 aliphatic rings. The second-order valence-corrected chi connectivity index (χ2v) is 7.93. The van der Waals surface area contributed by atoms with Gasteiger partial charge in [0.25, 0.3) is 5.24 Å². The van der Waals surface area contributed by atoms with Gasteiger partial charge in [0.05, 0.1) is 17.7 Å². The van der Waals surface area contributed by atoms with E-state index in [9.17, 15) is 14.7 Å². The third-order valence-corrected chi connectivity index (χ3v) is 5.73. The molecule has 3 rings (SSSR count). The van der Waals surface area contributed by atoms with Crippen molar-refractivity contribution in [2.75, 3.05) is 5.75 Å².